The van der Waals surface area contributed by atoms with Gasteiger partial charge in [0.15, 0.2) is 0 Å². The van der Waals surface area contributed by atoms with Crippen LogP contribution < -0.4 is 0 Å². The molecule has 0 saturated heterocycles. The highest BCUT2D eigenvalue weighted by Gasteiger charge is 2.19. The number of halogens is 2. The molecule has 0 unspecified atom stereocenters. The highest BCUT2D eigenvalue weighted by molar-refractivity contribution is 5.14. The number of hydrogen-bond acceptors (Lipinski definition) is 0. The van der Waals surface area contributed by atoms with Gasteiger partial charge in [-0.3, -0.25) is 0 Å². The second kappa shape index (κ2) is 5.08. The summed E-state index contributed by atoms with van der Waals surface area (Å²) >= 11 is 0. The lowest BCUT2D eigenvalue weighted by molar-refractivity contribution is 0.0397. The molecular weight excluding hydrogens is 182 g/mol. The maximum atomic E-state index is 12.3. The van der Waals surface area contributed by atoms with E-state index < -0.39 is 5.92 Å². The van der Waals surface area contributed by atoms with Crippen molar-refractivity contribution in [2.45, 2.75) is 31.6 Å². The molecule has 0 saturated carbocycles. The van der Waals surface area contributed by atoms with Crippen LogP contribution in [0.3, 0.4) is 0 Å². The summed E-state index contributed by atoms with van der Waals surface area (Å²) in [5, 5.41) is 0. The van der Waals surface area contributed by atoms with Crippen molar-refractivity contribution in [1.82, 2.24) is 0 Å². The van der Waals surface area contributed by atoms with Crippen LogP contribution in [-0.4, -0.2) is 5.92 Å². The fourth-order valence-corrected chi connectivity index (χ4v) is 1.36. The molecular formula is C12H15F2. The fourth-order valence-electron chi connectivity index (χ4n) is 1.36. The Morgan fingerprint density at radius 1 is 1.07 bits per heavy atom. The van der Waals surface area contributed by atoms with Crippen molar-refractivity contribution in [3.63, 3.8) is 0 Å². The molecule has 0 aromatic heterocycles. The van der Waals surface area contributed by atoms with Crippen LogP contribution in [0.5, 0.6) is 0 Å². The first-order chi connectivity index (χ1) is 6.58. The minimum absolute atomic E-state index is 0.111. The van der Waals surface area contributed by atoms with Crippen LogP contribution in [0.25, 0.3) is 0 Å². The third kappa shape index (κ3) is 4.95. The second-order valence-corrected chi connectivity index (χ2v) is 3.55. The Hall–Kier alpha value is -0.920. The molecule has 0 N–H and O–H groups in total. The van der Waals surface area contributed by atoms with Crippen molar-refractivity contribution in [2.24, 2.45) is 0 Å². The van der Waals surface area contributed by atoms with Crippen molar-refractivity contribution >= 4 is 0 Å². The van der Waals surface area contributed by atoms with Crippen LogP contribution in [0.4, 0.5) is 8.78 Å². The maximum Gasteiger partial charge on any atom is 0.248 e. The molecule has 0 nitrogen and oxygen atoms in total. The summed E-state index contributed by atoms with van der Waals surface area (Å²) in [6, 6.07) is 9.91. The van der Waals surface area contributed by atoms with Crippen molar-refractivity contribution in [3.8, 4) is 0 Å². The maximum absolute atomic E-state index is 12.3. The van der Waals surface area contributed by atoms with Gasteiger partial charge in [0.1, 0.15) is 0 Å². The van der Waals surface area contributed by atoms with E-state index in [2.05, 4.69) is 6.92 Å². The van der Waals surface area contributed by atoms with Gasteiger partial charge in [0.25, 0.3) is 0 Å². The molecule has 0 spiro atoms. The zero-order chi connectivity index (χ0) is 10.4. The van der Waals surface area contributed by atoms with Gasteiger partial charge < -0.3 is 0 Å². The van der Waals surface area contributed by atoms with E-state index in [1.807, 2.05) is 30.3 Å². The summed E-state index contributed by atoms with van der Waals surface area (Å²) in [7, 11) is 0. The average Bonchev–Trinajstić information content (AvgIpc) is 2.13. The molecule has 2 heteroatoms. The molecule has 0 fully saturated rings. The van der Waals surface area contributed by atoms with E-state index in [1.54, 1.807) is 0 Å². The average molecular weight is 197 g/mol. The van der Waals surface area contributed by atoms with Crippen LogP contribution in [0, 0.1) is 6.92 Å². The Kier molecular flexibility index (Phi) is 4.05. The molecule has 14 heavy (non-hydrogen) atoms. The Morgan fingerprint density at radius 2 is 1.71 bits per heavy atom. The van der Waals surface area contributed by atoms with E-state index >= 15 is 0 Å². The predicted molar refractivity (Wildman–Crippen MR) is 54.3 cm³/mol. The Bertz CT molecular complexity index is 249. The Labute approximate surface area is 84.0 Å². The van der Waals surface area contributed by atoms with E-state index in [0.29, 0.717) is 6.42 Å². The number of rotatable bonds is 5. The predicted octanol–water partition coefficient (Wildman–Crippen LogP) is 3.87. The SMILES string of the molecule is [CH2]C(F)(F)CCCCc1ccccc1. The first-order valence-electron chi connectivity index (χ1n) is 4.85. The van der Waals surface area contributed by atoms with Gasteiger partial charge in [-0.05, 0) is 24.8 Å². The molecule has 0 aliphatic heterocycles. The monoisotopic (exact) mass is 197 g/mol. The first kappa shape index (κ1) is 11.2. The molecule has 0 heterocycles. The molecule has 1 radical (unpaired) electrons. The number of aryl methyl sites for hydroxylation is 1. The topological polar surface area (TPSA) is 0 Å². The van der Waals surface area contributed by atoms with Gasteiger partial charge in [0.05, 0.1) is 0 Å². The lowest BCUT2D eigenvalue weighted by Gasteiger charge is -2.08. The number of hydrogen-bond donors (Lipinski definition) is 0. The van der Waals surface area contributed by atoms with Gasteiger partial charge in [0, 0.05) is 13.3 Å². The Balaban J connectivity index is 2.17. The minimum atomic E-state index is -2.75. The largest absolute Gasteiger partial charge is 0.248 e. The summed E-state index contributed by atoms with van der Waals surface area (Å²) in [4.78, 5) is 0. The molecule has 1 aromatic rings. The quantitative estimate of drug-likeness (QED) is 0.628. The van der Waals surface area contributed by atoms with E-state index in [1.165, 1.54) is 5.56 Å². The van der Waals surface area contributed by atoms with Crippen molar-refractivity contribution < 1.29 is 8.78 Å². The van der Waals surface area contributed by atoms with E-state index in [4.69, 9.17) is 0 Å². The molecule has 0 atom stereocenters. The van der Waals surface area contributed by atoms with Gasteiger partial charge in [-0.2, -0.15) is 0 Å². The summed E-state index contributed by atoms with van der Waals surface area (Å²) in [6.45, 7) is 2.78. The molecule has 0 amide bonds. The van der Waals surface area contributed by atoms with Gasteiger partial charge in [0.2, 0.25) is 5.92 Å². The molecule has 77 valence electrons. The number of benzene rings is 1. The third-order valence-corrected chi connectivity index (χ3v) is 2.10. The van der Waals surface area contributed by atoms with E-state index in [-0.39, 0.29) is 6.42 Å². The summed E-state index contributed by atoms with van der Waals surface area (Å²) in [5.41, 5.74) is 1.21. The fraction of sp³-hybridized carbons (Fsp3) is 0.417. The summed E-state index contributed by atoms with van der Waals surface area (Å²) in [5.74, 6) is -2.75. The highest BCUT2D eigenvalue weighted by Crippen LogP contribution is 2.19. The lowest BCUT2D eigenvalue weighted by atomic mass is 10.1. The van der Waals surface area contributed by atoms with Gasteiger partial charge in [-0.1, -0.05) is 30.3 Å². The van der Waals surface area contributed by atoms with Crippen LogP contribution in [0.1, 0.15) is 24.8 Å². The van der Waals surface area contributed by atoms with Crippen molar-refractivity contribution in [3.05, 3.63) is 42.8 Å². The molecule has 0 aliphatic carbocycles. The summed E-state index contributed by atoms with van der Waals surface area (Å²) < 4.78 is 24.7. The van der Waals surface area contributed by atoms with Gasteiger partial charge in [-0.25, -0.2) is 8.78 Å². The first-order valence-corrected chi connectivity index (χ1v) is 4.85. The van der Waals surface area contributed by atoms with Gasteiger partial charge in [-0.15, -0.1) is 0 Å². The molecule has 1 rings (SSSR count). The lowest BCUT2D eigenvalue weighted by Crippen LogP contribution is -2.09. The Morgan fingerprint density at radius 3 is 2.29 bits per heavy atom. The van der Waals surface area contributed by atoms with Crippen LogP contribution in [-0.2, 0) is 6.42 Å². The van der Waals surface area contributed by atoms with Crippen molar-refractivity contribution in [1.29, 1.82) is 0 Å². The van der Waals surface area contributed by atoms with Gasteiger partial charge >= 0.3 is 0 Å². The van der Waals surface area contributed by atoms with E-state index in [0.717, 1.165) is 12.8 Å². The third-order valence-electron chi connectivity index (χ3n) is 2.10. The zero-order valence-electron chi connectivity index (χ0n) is 8.18. The summed E-state index contributed by atoms with van der Waals surface area (Å²) in [6.07, 6.45) is 2.09. The number of alkyl halides is 2. The second-order valence-electron chi connectivity index (χ2n) is 3.55. The smallest absolute Gasteiger partial charge is 0.207 e. The normalized spacial score (nSPS) is 11.6. The standard InChI is InChI=1S/C12H15F2/c1-12(13,14)10-6-5-9-11-7-3-2-4-8-11/h2-4,7-8H,1,5-6,9-10H2. The zero-order valence-corrected chi connectivity index (χ0v) is 8.18. The van der Waals surface area contributed by atoms with Crippen LogP contribution in [0.2, 0.25) is 0 Å². The highest BCUT2D eigenvalue weighted by atomic mass is 19.3. The molecule has 1 aromatic carbocycles. The van der Waals surface area contributed by atoms with Crippen LogP contribution >= 0.6 is 0 Å². The van der Waals surface area contributed by atoms with Crippen molar-refractivity contribution in [2.75, 3.05) is 0 Å². The molecule has 0 bridgehead atoms. The van der Waals surface area contributed by atoms with Crippen LogP contribution in [0.15, 0.2) is 30.3 Å². The van der Waals surface area contributed by atoms with E-state index in [9.17, 15) is 8.78 Å². The molecule has 0 aliphatic rings. The minimum Gasteiger partial charge on any atom is -0.207 e. The number of unbranched alkanes of at least 4 members (excludes halogenated alkanes) is 1.